The van der Waals surface area contributed by atoms with Gasteiger partial charge in [0.1, 0.15) is 17.9 Å². The van der Waals surface area contributed by atoms with E-state index in [2.05, 4.69) is 20.8 Å². The second kappa shape index (κ2) is 8.22. The molecule has 8 nitrogen and oxygen atoms in total. The van der Waals surface area contributed by atoms with Crippen molar-refractivity contribution in [3.63, 3.8) is 0 Å². The summed E-state index contributed by atoms with van der Waals surface area (Å²) in [7, 11) is 0. The molecular formula is C19H24FN5O3. The van der Waals surface area contributed by atoms with Gasteiger partial charge in [0.2, 0.25) is 5.91 Å². The number of fused-ring (bicyclic) bond motifs is 1. The van der Waals surface area contributed by atoms with Gasteiger partial charge in [-0.3, -0.25) is 4.79 Å². The van der Waals surface area contributed by atoms with Gasteiger partial charge in [-0.2, -0.15) is 0 Å². The lowest BCUT2D eigenvalue weighted by Crippen LogP contribution is -2.36. The predicted molar refractivity (Wildman–Crippen MR) is 96.5 cm³/mol. The van der Waals surface area contributed by atoms with E-state index in [1.165, 1.54) is 18.6 Å². The summed E-state index contributed by atoms with van der Waals surface area (Å²) in [4.78, 5) is 12.7. The normalized spacial score (nSPS) is 18.2. The molecule has 1 aliphatic carbocycles. The van der Waals surface area contributed by atoms with E-state index in [0.717, 1.165) is 25.7 Å². The fraction of sp³-hybridized carbons (Fsp3) is 0.579. The van der Waals surface area contributed by atoms with E-state index >= 15 is 0 Å². The number of tetrazole rings is 1. The number of nitrogens with zero attached hydrogens (tertiary/aromatic N) is 4. The van der Waals surface area contributed by atoms with Crippen molar-refractivity contribution < 1.29 is 18.7 Å². The molecule has 1 aliphatic heterocycles. The van der Waals surface area contributed by atoms with Gasteiger partial charge in [-0.05, 0) is 40.8 Å². The first-order valence-corrected chi connectivity index (χ1v) is 9.63. The minimum absolute atomic E-state index is 0.0555. The summed E-state index contributed by atoms with van der Waals surface area (Å²) in [5.41, 5.74) is 1.14. The zero-order valence-corrected chi connectivity index (χ0v) is 15.7. The van der Waals surface area contributed by atoms with Crippen LogP contribution >= 0.6 is 0 Å². The summed E-state index contributed by atoms with van der Waals surface area (Å²) in [6.07, 6.45) is 7.31. The Morgan fingerprint density at radius 3 is 2.93 bits per heavy atom. The van der Waals surface area contributed by atoms with Crippen molar-refractivity contribution in [2.75, 3.05) is 6.79 Å². The van der Waals surface area contributed by atoms with Gasteiger partial charge in [0, 0.05) is 24.1 Å². The standard InChI is InChI=1S/C19H24FN5O3/c20-16-6-14(18-15(7-16)10-27-13-28-18)9-21-17(26)8-19(4-2-1-3-5-19)11-25-12-22-23-24-25/h6-7,12H,1-5,8-11,13H2,(H,21,26). The Bertz CT molecular complexity index is 821. The number of rotatable bonds is 6. The number of halogens is 1. The van der Waals surface area contributed by atoms with Gasteiger partial charge >= 0.3 is 0 Å². The van der Waals surface area contributed by atoms with Gasteiger partial charge in [0.15, 0.2) is 6.79 Å². The average Bonchev–Trinajstić information content (AvgIpc) is 3.19. The summed E-state index contributed by atoms with van der Waals surface area (Å²) in [6, 6.07) is 2.81. The highest BCUT2D eigenvalue weighted by molar-refractivity contribution is 5.76. The van der Waals surface area contributed by atoms with Crippen molar-refractivity contribution in [1.82, 2.24) is 25.5 Å². The SMILES string of the molecule is O=C(CC1(Cn2cnnn2)CCCCC1)NCc1cc(F)cc2c1OCOC2. The van der Waals surface area contributed by atoms with Crippen molar-refractivity contribution >= 4 is 5.91 Å². The fourth-order valence-corrected chi connectivity index (χ4v) is 4.27. The average molecular weight is 389 g/mol. The largest absolute Gasteiger partial charge is 0.467 e. The lowest BCUT2D eigenvalue weighted by atomic mass is 9.71. The number of hydrogen-bond acceptors (Lipinski definition) is 6. The van der Waals surface area contributed by atoms with Gasteiger partial charge in [-0.15, -0.1) is 5.10 Å². The van der Waals surface area contributed by atoms with Crippen LogP contribution < -0.4 is 10.1 Å². The monoisotopic (exact) mass is 389 g/mol. The number of aromatic nitrogens is 4. The van der Waals surface area contributed by atoms with E-state index in [-0.39, 0.29) is 30.5 Å². The smallest absolute Gasteiger partial charge is 0.220 e. The third-order valence-electron chi connectivity index (χ3n) is 5.57. The zero-order valence-electron chi connectivity index (χ0n) is 15.7. The summed E-state index contributed by atoms with van der Waals surface area (Å²) in [5.74, 6) is 0.189. The molecule has 0 spiro atoms. The Hall–Kier alpha value is -2.55. The van der Waals surface area contributed by atoms with Crippen molar-refractivity contribution in [2.45, 2.75) is 58.2 Å². The third-order valence-corrected chi connectivity index (χ3v) is 5.57. The zero-order chi connectivity index (χ0) is 19.4. The van der Waals surface area contributed by atoms with Crippen LogP contribution in [0.3, 0.4) is 0 Å². The van der Waals surface area contributed by atoms with E-state index in [1.807, 2.05) is 0 Å². The number of benzene rings is 1. The highest BCUT2D eigenvalue weighted by atomic mass is 19.1. The van der Waals surface area contributed by atoms with Crippen LogP contribution in [0, 0.1) is 11.2 Å². The first-order chi connectivity index (χ1) is 13.6. The van der Waals surface area contributed by atoms with Gasteiger partial charge < -0.3 is 14.8 Å². The summed E-state index contributed by atoms with van der Waals surface area (Å²) >= 11 is 0. The predicted octanol–water partition coefficient (Wildman–Crippen LogP) is 2.34. The Balaban J connectivity index is 1.42. The van der Waals surface area contributed by atoms with E-state index in [0.29, 0.717) is 36.4 Å². The Labute approximate surface area is 162 Å². The number of nitrogens with one attached hydrogen (secondary N) is 1. The first-order valence-electron chi connectivity index (χ1n) is 9.63. The highest BCUT2D eigenvalue weighted by Gasteiger charge is 2.35. The topological polar surface area (TPSA) is 91.2 Å². The minimum atomic E-state index is -0.362. The molecule has 0 atom stereocenters. The van der Waals surface area contributed by atoms with Crippen LogP contribution in [0.5, 0.6) is 5.75 Å². The molecule has 1 aromatic carbocycles. The van der Waals surface area contributed by atoms with E-state index in [4.69, 9.17) is 9.47 Å². The van der Waals surface area contributed by atoms with Crippen molar-refractivity contribution in [3.8, 4) is 5.75 Å². The molecule has 2 heterocycles. The second-order valence-corrected chi connectivity index (χ2v) is 7.69. The minimum Gasteiger partial charge on any atom is -0.467 e. The Kier molecular flexibility index (Phi) is 5.52. The fourth-order valence-electron chi connectivity index (χ4n) is 4.27. The van der Waals surface area contributed by atoms with Crippen LogP contribution in [-0.2, 0) is 29.2 Å². The maximum absolute atomic E-state index is 13.9. The molecule has 1 N–H and O–H groups in total. The molecule has 0 radical (unpaired) electrons. The van der Waals surface area contributed by atoms with Gasteiger partial charge in [-0.25, -0.2) is 9.07 Å². The molecule has 2 aliphatic rings. The lowest BCUT2D eigenvalue weighted by Gasteiger charge is -2.36. The lowest BCUT2D eigenvalue weighted by molar-refractivity contribution is -0.124. The summed E-state index contributed by atoms with van der Waals surface area (Å²) in [6.45, 7) is 1.29. The molecule has 4 rings (SSSR count). The molecule has 28 heavy (non-hydrogen) atoms. The van der Waals surface area contributed by atoms with E-state index in [9.17, 15) is 9.18 Å². The molecule has 1 amide bonds. The van der Waals surface area contributed by atoms with E-state index < -0.39 is 0 Å². The highest BCUT2D eigenvalue weighted by Crippen LogP contribution is 2.40. The van der Waals surface area contributed by atoms with Crippen molar-refractivity contribution in [2.24, 2.45) is 5.41 Å². The molecule has 1 aromatic heterocycles. The second-order valence-electron chi connectivity index (χ2n) is 7.69. The molecule has 0 saturated heterocycles. The number of hydrogen-bond donors (Lipinski definition) is 1. The van der Waals surface area contributed by atoms with Crippen LogP contribution in [0.4, 0.5) is 4.39 Å². The van der Waals surface area contributed by atoms with Crippen LogP contribution in [0.1, 0.15) is 49.7 Å². The molecule has 9 heteroatoms. The van der Waals surface area contributed by atoms with Gasteiger partial charge in [0.25, 0.3) is 0 Å². The molecule has 1 fully saturated rings. The number of carbonyl (C=O) groups excluding carboxylic acids is 1. The summed E-state index contributed by atoms with van der Waals surface area (Å²) in [5, 5.41) is 14.3. The summed E-state index contributed by atoms with van der Waals surface area (Å²) < 4.78 is 26.3. The molecular weight excluding hydrogens is 365 g/mol. The molecule has 0 bridgehead atoms. The maximum Gasteiger partial charge on any atom is 0.220 e. The number of ether oxygens (including phenoxy) is 2. The van der Waals surface area contributed by atoms with Crippen LogP contribution in [0.2, 0.25) is 0 Å². The Morgan fingerprint density at radius 2 is 2.14 bits per heavy atom. The van der Waals surface area contributed by atoms with E-state index in [1.54, 1.807) is 11.0 Å². The third kappa shape index (κ3) is 4.30. The molecule has 1 saturated carbocycles. The first kappa shape index (κ1) is 18.8. The van der Waals surface area contributed by atoms with Crippen LogP contribution in [0.25, 0.3) is 0 Å². The van der Waals surface area contributed by atoms with Gasteiger partial charge in [0.05, 0.1) is 13.2 Å². The number of amides is 1. The number of carbonyl (C=O) groups is 1. The van der Waals surface area contributed by atoms with Crippen molar-refractivity contribution in [3.05, 3.63) is 35.4 Å². The molecule has 0 unspecified atom stereocenters. The van der Waals surface area contributed by atoms with Crippen LogP contribution in [0.15, 0.2) is 18.5 Å². The molecule has 150 valence electrons. The molecule has 2 aromatic rings. The maximum atomic E-state index is 13.9. The van der Waals surface area contributed by atoms with Gasteiger partial charge in [-0.1, -0.05) is 19.3 Å². The quantitative estimate of drug-likeness (QED) is 0.815. The Morgan fingerprint density at radius 1 is 1.29 bits per heavy atom. The van der Waals surface area contributed by atoms with Crippen molar-refractivity contribution in [1.29, 1.82) is 0 Å². The van der Waals surface area contributed by atoms with Crippen LogP contribution in [-0.4, -0.2) is 32.9 Å².